The zero-order valence-electron chi connectivity index (χ0n) is 19.9. The molecule has 0 saturated carbocycles. The van der Waals surface area contributed by atoms with Gasteiger partial charge in [0.25, 0.3) is 5.56 Å². The molecule has 2 aromatic carbocycles. The molecule has 1 unspecified atom stereocenters. The summed E-state index contributed by atoms with van der Waals surface area (Å²) in [6.07, 6.45) is 2.96. The number of carbonyl (C=O) groups excluding carboxylic acids is 1. The van der Waals surface area contributed by atoms with E-state index in [1.165, 1.54) is 0 Å². The predicted octanol–water partition coefficient (Wildman–Crippen LogP) is 5.18. The van der Waals surface area contributed by atoms with Gasteiger partial charge in [0, 0.05) is 24.0 Å². The standard InChI is InChI=1S/C26H33BrN4O2/c1-5-7-12-24(32)30(18-17-29(3)4)23(6-2)25-28-22-11-9-8-10-21(22)26(33)31(25)20-15-13-19(27)14-16-20/h8-11,13-16,23H,5-7,12,17-18H2,1-4H3. The van der Waals surface area contributed by atoms with Gasteiger partial charge in [0.2, 0.25) is 5.91 Å². The van der Waals surface area contributed by atoms with Crippen molar-refractivity contribution < 1.29 is 4.79 Å². The first kappa shape index (κ1) is 25.1. The maximum Gasteiger partial charge on any atom is 0.266 e. The molecule has 0 aliphatic rings. The molecule has 0 spiro atoms. The Morgan fingerprint density at radius 2 is 1.76 bits per heavy atom. The molecule has 0 saturated heterocycles. The Balaban J connectivity index is 2.21. The van der Waals surface area contributed by atoms with Crippen molar-refractivity contribution in [2.45, 2.75) is 45.6 Å². The third-order valence-corrected chi connectivity index (χ3v) is 6.33. The Morgan fingerprint density at radius 3 is 2.39 bits per heavy atom. The number of nitrogens with zero attached hydrogens (tertiary/aromatic N) is 4. The Hall–Kier alpha value is -2.51. The molecule has 0 aliphatic carbocycles. The average molecular weight is 513 g/mol. The van der Waals surface area contributed by atoms with E-state index in [9.17, 15) is 9.59 Å². The van der Waals surface area contributed by atoms with E-state index in [4.69, 9.17) is 4.98 Å². The van der Waals surface area contributed by atoms with Gasteiger partial charge in [-0.05, 0) is 63.3 Å². The number of fused-ring (bicyclic) bond motifs is 1. The third kappa shape index (κ3) is 5.89. The maximum absolute atomic E-state index is 13.7. The highest BCUT2D eigenvalue weighted by Crippen LogP contribution is 2.27. The largest absolute Gasteiger partial charge is 0.331 e. The summed E-state index contributed by atoms with van der Waals surface area (Å²) in [4.78, 5) is 36.0. The van der Waals surface area contributed by atoms with Gasteiger partial charge in [-0.3, -0.25) is 14.2 Å². The van der Waals surface area contributed by atoms with Crippen molar-refractivity contribution in [3.05, 3.63) is 69.2 Å². The molecule has 1 heterocycles. The smallest absolute Gasteiger partial charge is 0.266 e. The van der Waals surface area contributed by atoms with E-state index in [0.717, 1.165) is 29.5 Å². The first-order valence-electron chi connectivity index (χ1n) is 11.6. The van der Waals surface area contributed by atoms with Crippen LogP contribution in [0.5, 0.6) is 0 Å². The number of unbranched alkanes of at least 4 members (excludes halogenated alkanes) is 1. The molecule has 1 aromatic heterocycles. The minimum absolute atomic E-state index is 0.107. The number of aromatic nitrogens is 2. The van der Waals surface area contributed by atoms with Crippen molar-refractivity contribution >= 4 is 32.7 Å². The number of carbonyl (C=O) groups is 1. The lowest BCUT2D eigenvalue weighted by Crippen LogP contribution is -2.41. The molecule has 0 fully saturated rings. The molecular weight excluding hydrogens is 480 g/mol. The molecular formula is C26H33BrN4O2. The summed E-state index contributed by atoms with van der Waals surface area (Å²) in [5, 5.41) is 0.566. The Kier molecular flexibility index (Phi) is 8.80. The van der Waals surface area contributed by atoms with Crippen LogP contribution < -0.4 is 5.56 Å². The van der Waals surface area contributed by atoms with Crippen molar-refractivity contribution in [1.82, 2.24) is 19.4 Å². The monoisotopic (exact) mass is 512 g/mol. The highest BCUT2D eigenvalue weighted by atomic mass is 79.9. The summed E-state index contributed by atoms with van der Waals surface area (Å²) in [5.74, 6) is 0.711. The third-order valence-electron chi connectivity index (χ3n) is 5.80. The van der Waals surface area contributed by atoms with Gasteiger partial charge in [-0.15, -0.1) is 0 Å². The van der Waals surface area contributed by atoms with Gasteiger partial charge in [-0.2, -0.15) is 0 Å². The fraction of sp³-hybridized carbons (Fsp3) is 0.423. The van der Waals surface area contributed by atoms with E-state index >= 15 is 0 Å². The number of rotatable bonds is 10. The number of hydrogen-bond acceptors (Lipinski definition) is 4. The second-order valence-corrected chi connectivity index (χ2v) is 9.44. The topological polar surface area (TPSA) is 58.4 Å². The normalized spacial score (nSPS) is 12.3. The van der Waals surface area contributed by atoms with Gasteiger partial charge in [0.15, 0.2) is 0 Å². The summed E-state index contributed by atoms with van der Waals surface area (Å²) in [7, 11) is 4.00. The quantitative estimate of drug-likeness (QED) is 0.375. The highest BCUT2D eigenvalue weighted by molar-refractivity contribution is 9.10. The van der Waals surface area contributed by atoms with Crippen LogP contribution in [0.4, 0.5) is 0 Å². The molecule has 1 atom stereocenters. The summed E-state index contributed by atoms with van der Waals surface area (Å²) in [5.41, 5.74) is 1.27. The van der Waals surface area contributed by atoms with E-state index in [1.807, 2.05) is 68.4 Å². The summed E-state index contributed by atoms with van der Waals surface area (Å²) >= 11 is 3.48. The lowest BCUT2D eigenvalue weighted by Gasteiger charge is -2.33. The van der Waals surface area contributed by atoms with Gasteiger partial charge in [-0.1, -0.05) is 48.3 Å². The van der Waals surface area contributed by atoms with Gasteiger partial charge in [-0.25, -0.2) is 4.98 Å². The Labute approximate surface area is 204 Å². The summed E-state index contributed by atoms with van der Waals surface area (Å²) < 4.78 is 2.61. The van der Waals surface area contributed by atoms with Crippen LogP contribution in [0.3, 0.4) is 0 Å². The number of amides is 1. The Morgan fingerprint density at radius 1 is 1.06 bits per heavy atom. The maximum atomic E-state index is 13.7. The van der Waals surface area contributed by atoms with Crippen LogP contribution in [0.2, 0.25) is 0 Å². The second-order valence-electron chi connectivity index (χ2n) is 8.52. The fourth-order valence-electron chi connectivity index (χ4n) is 3.99. The molecule has 6 nitrogen and oxygen atoms in total. The number of para-hydroxylation sites is 1. The Bertz CT molecular complexity index is 1140. The second kappa shape index (κ2) is 11.6. The van der Waals surface area contributed by atoms with Gasteiger partial charge in [0.05, 0.1) is 22.6 Å². The van der Waals surface area contributed by atoms with Gasteiger partial charge in [0.1, 0.15) is 5.82 Å². The number of hydrogen-bond donors (Lipinski definition) is 0. The molecule has 3 rings (SSSR count). The molecule has 1 amide bonds. The minimum Gasteiger partial charge on any atom is -0.331 e. The molecule has 0 N–H and O–H groups in total. The lowest BCUT2D eigenvalue weighted by molar-refractivity contribution is -0.134. The first-order chi connectivity index (χ1) is 15.9. The van der Waals surface area contributed by atoms with Crippen LogP contribution in [0, 0.1) is 0 Å². The van der Waals surface area contributed by atoms with E-state index in [0.29, 0.717) is 36.1 Å². The molecule has 176 valence electrons. The summed E-state index contributed by atoms with van der Waals surface area (Å²) in [6.45, 7) is 5.46. The molecule has 7 heteroatoms. The van der Waals surface area contributed by atoms with Crippen LogP contribution in [0.15, 0.2) is 57.8 Å². The van der Waals surface area contributed by atoms with Crippen LogP contribution in [0.25, 0.3) is 16.6 Å². The number of benzene rings is 2. The van der Waals surface area contributed by atoms with Crippen molar-refractivity contribution in [2.75, 3.05) is 27.2 Å². The van der Waals surface area contributed by atoms with Crippen molar-refractivity contribution in [3.8, 4) is 5.69 Å². The average Bonchev–Trinajstić information content (AvgIpc) is 2.81. The van der Waals surface area contributed by atoms with Crippen molar-refractivity contribution in [2.24, 2.45) is 0 Å². The summed E-state index contributed by atoms with van der Waals surface area (Å²) in [6, 6.07) is 14.7. The highest BCUT2D eigenvalue weighted by Gasteiger charge is 2.28. The molecule has 3 aromatic rings. The zero-order chi connectivity index (χ0) is 24.0. The number of likely N-dealkylation sites (N-methyl/N-ethyl adjacent to an activating group) is 1. The predicted molar refractivity (Wildman–Crippen MR) is 138 cm³/mol. The van der Waals surface area contributed by atoms with E-state index in [2.05, 4.69) is 27.8 Å². The van der Waals surface area contributed by atoms with Crippen LogP contribution in [-0.4, -0.2) is 52.4 Å². The van der Waals surface area contributed by atoms with Crippen molar-refractivity contribution in [3.63, 3.8) is 0 Å². The van der Waals surface area contributed by atoms with E-state index in [1.54, 1.807) is 10.6 Å². The molecule has 0 radical (unpaired) electrons. The first-order valence-corrected chi connectivity index (χ1v) is 12.4. The van der Waals surface area contributed by atoms with Gasteiger partial charge >= 0.3 is 0 Å². The number of halogens is 1. The molecule has 33 heavy (non-hydrogen) atoms. The van der Waals surface area contributed by atoms with E-state index in [-0.39, 0.29) is 17.5 Å². The van der Waals surface area contributed by atoms with Crippen LogP contribution in [0.1, 0.15) is 51.4 Å². The van der Waals surface area contributed by atoms with E-state index < -0.39 is 0 Å². The molecule has 0 bridgehead atoms. The van der Waals surface area contributed by atoms with Crippen LogP contribution in [-0.2, 0) is 4.79 Å². The van der Waals surface area contributed by atoms with Crippen LogP contribution >= 0.6 is 15.9 Å². The molecule has 0 aliphatic heterocycles. The lowest BCUT2D eigenvalue weighted by atomic mass is 10.1. The minimum atomic E-state index is -0.310. The fourth-order valence-corrected chi connectivity index (χ4v) is 4.25. The van der Waals surface area contributed by atoms with Crippen molar-refractivity contribution in [1.29, 1.82) is 0 Å². The SMILES string of the molecule is CCCCC(=O)N(CCN(C)C)C(CC)c1nc2ccccc2c(=O)n1-c1ccc(Br)cc1. The van der Waals surface area contributed by atoms with Gasteiger partial charge < -0.3 is 9.80 Å². The zero-order valence-corrected chi connectivity index (χ0v) is 21.5.